The van der Waals surface area contributed by atoms with E-state index >= 15 is 0 Å². The van der Waals surface area contributed by atoms with Gasteiger partial charge in [0.05, 0.1) is 19.2 Å². The molecule has 0 bridgehead atoms. The first-order chi connectivity index (χ1) is 11.6. The summed E-state index contributed by atoms with van der Waals surface area (Å²) in [5.74, 6) is 2.07. The third-order valence-corrected chi connectivity index (χ3v) is 4.04. The molecule has 0 saturated carbocycles. The Balaban J connectivity index is 1.70. The van der Waals surface area contributed by atoms with Gasteiger partial charge in [0, 0.05) is 18.9 Å². The van der Waals surface area contributed by atoms with E-state index in [2.05, 4.69) is 9.97 Å². The molecular formula is C17H21N3O4. The lowest BCUT2D eigenvalue weighted by Gasteiger charge is -2.32. The van der Waals surface area contributed by atoms with Gasteiger partial charge in [0.2, 0.25) is 0 Å². The highest BCUT2D eigenvalue weighted by Crippen LogP contribution is 2.25. The van der Waals surface area contributed by atoms with Crippen molar-refractivity contribution < 1.29 is 18.7 Å². The molecule has 0 spiro atoms. The number of hydrogen-bond donors (Lipinski definition) is 0. The van der Waals surface area contributed by atoms with Crippen LogP contribution in [0.4, 0.5) is 0 Å². The summed E-state index contributed by atoms with van der Waals surface area (Å²) in [5, 5.41) is 0. The van der Waals surface area contributed by atoms with Crippen molar-refractivity contribution in [3.63, 3.8) is 0 Å². The highest BCUT2D eigenvalue weighted by Gasteiger charge is 2.28. The minimum atomic E-state index is -0.137. The monoisotopic (exact) mass is 331 g/mol. The molecule has 7 heteroatoms. The van der Waals surface area contributed by atoms with Crippen molar-refractivity contribution in [2.45, 2.75) is 32.8 Å². The van der Waals surface area contributed by atoms with Gasteiger partial charge in [-0.25, -0.2) is 9.97 Å². The zero-order valence-corrected chi connectivity index (χ0v) is 14.1. The number of rotatable bonds is 4. The zero-order chi connectivity index (χ0) is 17.1. The standard InChI is InChI=1S/C17H21N3O4/c1-11-9-14(12(2)23-11)17(21)20-8-4-5-13(10-20)24-16-15(22-3)18-6-7-19-16/h6-7,9,13H,4-5,8,10H2,1-3H3/t13-/m1/s1. The highest BCUT2D eigenvalue weighted by atomic mass is 16.5. The molecule has 0 N–H and O–H groups in total. The van der Waals surface area contributed by atoms with Crippen LogP contribution in [0.2, 0.25) is 0 Å². The summed E-state index contributed by atoms with van der Waals surface area (Å²) in [6.07, 6.45) is 4.69. The topological polar surface area (TPSA) is 77.7 Å². The molecule has 1 atom stereocenters. The summed E-state index contributed by atoms with van der Waals surface area (Å²) in [4.78, 5) is 22.7. The van der Waals surface area contributed by atoms with Crippen LogP contribution in [0, 0.1) is 13.8 Å². The predicted molar refractivity (Wildman–Crippen MR) is 86.3 cm³/mol. The number of aromatic nitrogens is 2. The second kappa shape index (κ2) is 6.90. The lowest BCUT2D eigenvalue weighted by atomic mass is 10.1. The van der Waals surface area contributed by atoms with E-state index in [1.165, 1.54) is 7.11 Å². The summed E-state index contributed by atoms with van der Waals surface area (Å²) < 4.78 is 16.5. The van der Waals surface area contributed by atoms with Crippen LogP contribution in [-0.4, -0.2) is 47.1 Å². The molecule has 7 nitrogen and oxygen atoms in total. The van der Waals surface area contributed by atoms with Gasteiger partial charge in [0.25, 0.3) is 17.7 Å². The second-order valence-corrected chi connectivity index (χ2v) is 5.83. The molecule has 2 aromatic heterocycles. The first-order valence-corrected chi connectivity index (χ1v) is 7.96. The fourth-order valence-corrected chi connectivity index (χ4v) is 2.92. The van der Waals surface area contributed by atoms with E-state index in [1.54, 1.807) is 23.4 Å². The van der Waals surface area contributed by atoms with Gasteiger partial charge < -0.3 is 18.8 Å². The number of aryl methyl sites for hydroxylation is 2. The smallest absolute Gasteiger partial charge is 0.278 e. The van der Waals surface area contributed by atoms with Gasteiger partial charge in [-0.15, -0.1) is 0 Å². The molecular weight excluding hydrogens is 310 g/mol. The van der Waals surface area contributed by atoms with Gasteiger partial charge >= 0.3 is 0 Å². The number of amides is 1. The van der Waals surface area contributed by atoms with E-state index in [9.17, 15) is 4.79 Å². The molecule has 0 radical (unpaired) electrons. The van der Waals surface area contributed by atoms with Crippen LogP contribution >= 0.6 is 0 Å². The molecule has 24 heavy (non-hydrogen) atoms. The van der Waals surface area contributed by atoms with Crippen molar-refractivity contribution >= 4 is 5.91 Å². The molecule has 1 amide bonds. The average Bonchev–Trinajstić information content (AvgIpc) is 2.93. The Bertz CT molecular complexity index is 728. The Morgan fingerprint density at radius 1 is 1.29 bits per heavy atom. The molecule has 0 aliphatic carbocycles. The van der Waals surface area contributed by atoms with Crippen molar-refractivity contribution in [1.29, 1.82) is 0 Å². The van der Waals surface area contributed by atoms with Crippen LogP contribution in [0.25, 0.3) is 0 Å². The number of hydrogen-bond acceptors (Lipinski definition) is 6. The number of furan rings is 1. The number of likely N-dealkylation sites (tertiary alicyclic amines) is 1. The summed E-state index contributed by atoms with van der Waals surface area (Å²) >= 11 is 0. The van der Waals surface area contributed by atoms with Crippen molar-refractivity contribution in [3.05, 3.63) is 35.5 Å². The quantitative estimate of drug-likeness (QED) is 0.856. The molecule has 1 aliphatic rings. The second-order valence-electron chi connectivity index (χ2n) is 5.83. The number of carbonyl (C=O) groups excluding carboxylic acids is 1. The number of nitrogens with zero attached hydrogens (tertiary/aromatic N) is 3. The fraction of sp³-hybridized carbons (Fsp3) is 0.471. The minimum absolute atomic E-state index is 0.0243. The van der Waals surface area contributed by atoms with Crippen molar-refractivity contribution in [3.8, 4) is 11.8 Å². The van der Waals surface area contributed by atoms with E-state index in [4.69, 9.17) is 13.9 Å². The number of carbonyl (C=O) groups is 1. The van der Waals surface area contributed by atoms with Crippen molar-refractivity contribution in [2.75, 3.05) is 20.2 Å². The Kier molecular flexibility index (Phi) is 4.69. The molecule has 0 unspecified atom stereocenters. The minimum Gasteiger partial charge on any atom is -0.477 e. The molecule has 1 aliphatic heterocycles. The highest BCUT2D eigenvalue weighted by molar-refractivity contribution is 5.95. The van der Waals surface area contributed by atoms with Crippen molar-refractivity contribution in [1.82, 2.24) is 14.9 Å². The molecule has 0 aromatic carbocycles. The summed E-state index contributed by atoms with van der Waals surface area (Å²) in [7, 11) is 1.53. The first kappa shape index (κ1) is 16.3. The first-order valence-electron chi connectivity index (χ1n) is 7.96. The van der Waals surface area contributed by atoms with Gasteiger partial charge in [0.15, 0.2) is 0 Å². The number of methoxy groups -OCH3 is 1. The van der Waals surface area contributed by atoms with Gasteiger partial charge in [-0.2, -0.15) is 0 Å². The SMILES string of the molecule is COc1nccnc1O[C@@H]1CCCN(C(=O)c2cc(C)oc2C)C1. The third kappa shape index (κ3) is 3.34. The maximum Gasteiger partial charge on any atom is 0.278 e. The van der Waals surface area contributed by atoms with Crippen LogP contribution in [0.1, 0.15) is 34.7 Å². The molecule has 3 rings (SSSR count). The maximum atomic E-state index is 12.7. The summed E-state index contributed by atoms with van der Waals surface area (Å²) in [6, 6.07) is 1.79. The Morgan fingerprint density at radius 2 is 2.04 bits per heavy atom. The lowest BCUT2D eigenvalue weighted by molar-refractivity contribution is 0.0517. The van der Waals surface area contributed by atoms with Gasteiger partial charge in [-0.1, -0.05) is 0 Å². The molecule has 1 fully saturated rings. The largest absolute Gasteiger partial charge is 0.477 e. The Hall–Kier alpha value is -2.57. The van der Waals surface area contributed by atoms with Gasteiger partial charge in [0.1, 0.15) is 17.6 Å². The van der Waals surface area contributed by atoms with Gasteiger partial charge in [-0.3, -0.25) is 4.79 Å². The van der Waals surface area contributed by atoms with E-state index < -0.39 is 0 Å². The normalized spacial score (nSPS) is 17.6. The van der Waals surface area contributed by atoms with Crippen LogP contribution < -0.4 is 9.47 Å². The van der Waals surface area contributed by atoms with E-state index in [0.717, 1.165) is 18.6 Å². The summed E-state index contributed by atoms with van der Waals surface area (Å²) in [5.41, 5.74) is 0.616. The zero-order valence-electron chi connectivity index (χ0n) is 14.1. The van der Waals surface area contributed by atoms with Crippen LogP contribution in [-0.2, 0) is 0 Å². The van der Waals surface area contributed by atoms with E-state index in [1.807, 2.05) is 13.8 Å². The maximum absolute atomic E-state index is 12.7. The lowest BCUT2D eigenvalue weighted by Crippen LogP contribution is -2.44. The van der Waals surface area contributed by atoms with E-state index in [0.29, 0.717) is 36.2 Å². The predicted octanol–water partition coefficient (Wildman–Crippen LogP) is 2.38. The fourth-order valence-electron chi connectivity index (χ4n) is 2.92. The Labute approximate surface area is 140 Å². The third-order valence-electron chi connectivity index (χ3n) is 4.04. The molecule has 128 valence electrons. The summed E-state index contributed by atoms with van der Waals surface area (Å²) in [6.45, 7) is 4.86. The molecule has 1 saturated heterocycles. The van der Waals surface area contributed by atoms with Crippen LogP contribution in [0.5, 0.6) is 11.8 Å². The van der Waals surface area contributed by atoms with E-state index in [-0.39, 0.29) is 12.0 Å². The van der Waals surface area contributed by atoms with Crippen molar-refractivity contribution in [2.24, 2.45) is 0 Å². The van der Waals surface area contributed by atoms with Crippen LogP contribution in [0.15, 0.2) is 22.9 Å². The molecule has 2 aromatic rings. The number of ether oxygens (including phenoxy) is 2. The van der Waals surface area contributed by atoms with Gasteiger partial charge in [-0.05, 0) is 32.8 Å². The average molecular weight is 331 g/mol. The molecule has 3 heterocycles. The number of piperidine rings is 1. The Morgan fingerprint density at radius 3 is 2.71 bits per heavy atom. The van der Waals surface area contributed by atoms with Crippen LogP contribution in [0.3, 0.4) is 0 Å².